The number of carbonyl (C=O) groups excluding carboxylic acids is 1. The Hall–Kier alpha value is -3.14. The molecule has 0 amide bonds. The van der Waals surface area contributed by atoms with Crippen LogP contribution in [-0.4, -0.2) is 17.6 Å². The average Bonchev–Trinajstić information content (AvgIpc) is 2.87. The van der Waals surface area contributed by atoms with E-state index in [1.165, 1.54) is 56.9 Å². The molecular formula is C30H37NO3. The third-order valence-electron chi connectivity index (χ3n) is 5.92. The van der Waals surface area contributed by atoms with Gasteiger partial charge >= 0.3 is 5.97 Å². The van der Waals surface area contributed by atoms with Gasteiger partial charge in [-0.2, -0.15) is 0 Å². The molecule has 0 saturated heterocycles. The molecule has 0 atom stereocenters. The number of hydrogen-bond donors (Lipinski definition) is 0. The third kappa shape index (κ3) is 8.33. The van der Waals surface area contributed by atoms with Gasteiger partial charge in [-0.05, 0) is 73.9 Å². The van der Waals surface area contributed by atoms with E-state index >= 15 is 0 Å². The molecule has 1 aromatic heterocycles. The molecule has 4 nitrogen and oxygen atoms in total. The molecule has 0 bridgehead atoms. The van der Waals surface area contributed by atoms with E-state index in [4.69, 9.17) is 9.47 Å². The van der Waals surface area contributed by atoms with Crippen LogP contribution in [0.25, 0.3) is 11.3 Å². The van der Waals surface area contributed by atoms with Gasteiger partial charge in [0, 0.05) is 5.56 Å². The largest absolute Gasteiger partial charge is 0.494 e. The minimum absolute atomic E-state index is 0.366. The maximum atomic E-state index is 12.5. The second-order valence-electron chi connectivity index (χ2n) is 8.65. The topological polar surface area (TPSA) is 48.4 Å². The average molecular weight is 460 g/mol. The normalized spacial score (nSPS) is 10.8. The van der Waals surface area contributed by atoms with Gasteiger partial charge < -0.3 is 9.47 Å². The number of aromatic nitrogens is 1. The zero-order chi connectivity index (χ0) is 24.0. The van der Waals surface area contributed by atoms with Gasteiger partial charge in [0.2, 0.25) is 0 Å². The fourth-order valence-electron chi connectivity index (χ4n) is 3.94. The van der Waals surface area contributed by atoms with Gasteiger partial charge in [0.15, 0.2) is 0 Å². The lowest BCUT2D eigenvalue weighted by Gasteiger charge is -2.07. The molecule has 0 spiro atoms. The van der Waals surface area contributed by atoms with Gasteiger partial charge in [-0.25, -0.2) is 4.79 Å². The number of nitrogens with zero attached hydrogens (tertiary/aromatic N) is 1. The van der Waals surface area contributed by atoms with E-state index in [0.717, 1.165) is 23.4 Å². The van der Waals surface area contributed by atoms with Gasteiger partial charge in [0.25, 0.3) is 0 Å². The molecule has 0 fully saturated rings. The van der Waals surface area contributed by atoms with Crippen LogP contribution in [0.3, 0.4) is 0 Å². The Bertz CT molecular complexity index is 979. The second kappa shape index (κ2) is 14.2. The molecule has 180 valence electrons. The van der Waals surface area contributed by atoms with E-state index in [2.05, 4.69) is 11.9 Å². The van der Waals surface area contributed by atoms with Crippen LogP contribution >= 0.6 is 0 Å². The zero-order valence-electron chi connectivity index (χ0n) is 20.6. The van der Waals surface area contributed by atoms with Gasteiger partial charge in [0.05, 0.1) is 24.1 Å². The van der Waals surface area contributed by atoms with Crippen LogP contribution in [0.2, 0.25) is 0 Å². The van der Waals surface area contributed by atoms with Crippen LogP contribution in [0.1, 0.15) is 81.1 Å². The SMILES string of the molecule is CCCCCCCCCCc1ccc(C(=O)Oc2ccc(-c3ccc(OCC)cc3)nc2)cc1. The summed E-state index contributed by atoms with van der Waals surface area (Å²) in [5, 5.41) is 0. The van der Waals surface area contributed by atoms with E-state index in [1.807, 2.05) is 61.5 Å². The van der Waals surface area contributed by atoms with Crippen LogP contribution in [0.4, 0.5) is 0 Å². The minimum atomic E-state index is -0.366. The van der Waals surface area contributed by atoms with Crippen molar-refractivity contribution in [2.24, 2.45) is 0 Å². The van der Waals surface area contributed by atoms with E-state index in [1.54, 1.807) is 12.3 Å². The summed E-state index contributed by atoms with van der Waals surface area (Å²) >= 11 is 0. The molecular weight excluding hydrogens is 422 g/mol. The Balaban J connectivity index is 1.43. The monoisotopic (exact) mass is 459 g/mol. The highest BCUT2D eigenvalue weighted by Crippen LogP contribution is 2.23. The number of hydrogen-bond acceptors (Lipinski definition) is 4. The molecule has 3 rings (SSSR count). The van der Waals surface area contributed by atoms with Gasteiger partial charge in [0.1, 0.15) is 11.5 Å². The summed E-state index contributed by atoms with van der Waals surface area (Å²) in [6.07, 6.45) is 13.2. The van der Waals surface area contributed by atoms with Gasteiger partial charge in [-0.1, -0.05) is 64.0 Å². The van der Waals surface area contributed by atoms with Crippen molar-refractivity contribution in [2.45, 2.75) is 71.6 Å². The molecule has 2 aromatic carbocycles. The predicted octanol–water partition coefficient (Wildman–Crippen LogP) is 8.05. The van der Waals surface area contributed by atoms with Crippen LogP contribution in [0.5, 0.6) is 11.5 Å². The quantitative estimate of drug-likeness (QED) is 0.181. The summed E-state index contributed by atoms with van der Waals surface area (Å²) in [5.41, 5.74) is 3.61. The molecule has 0 aliphatic rings. The fourth-order valence-corrected chi connectivity index (χ4v) is 3.94. The van der Waals surface area contributed by atoms with Crippen LogP contribution in [0, 0.1) is 0 Å². The fraction of sp³-hybridized carbons (Fsp3) is 0.400. The Morgan fingerprint density at radius 1 is 0.735 bits per heavy atom. The molecule has 34 heavy (non-hydrogen) atoms. The smallest absolute Gasteiger partial charge is 0.343 e. The number of unbranched alkanes of at least 4 members (excludes halogenated alkanes) is 7. The van der Waals surface area contributed by atoms with Gasteiger partial charge in [-0.15, -0.1) is 0 Å². The number of carbonyl (C=O) groups is 1. The second-order valence-corrected chi connectivity index (χ2v) is 8.65. The molecule has 0 aliphatic carbocycles. The first-order chi connectivity index (χ1) is 16.7. The van der Waals surface area contributed by atoms with Crippen LogP contribution in [-0.2, 0) is 6.42 Å². The van der Waals surface area contributed by atoms with E-state index in [9.17, 15) is 4.79 Å². The number of pyridine rings is 1. The van der Waals surface area contributed by atoms with Crippen LogP contribution in [0.15, 0.2) is 66.9 Å². The van der Waals surface area contributed by atoms with E-state index in [0.29, 0.717) is 17.9 Å². The lowest BCUT2D eigenvalue weighted by molar-refractivity contribution is 0.0734. The first-order valence-electron chi connectivity index (χ1n) is 12.7. The number of benzene rings is 2. The summed E-state index contributed by atoms with van der Waals surface area (Å²) < 4.78 is 11.0. The Kier molecular flexibility index (Phi) is 10.6. The molecule has 1 heterocycles. The van der Waals surface area contributed by atoms with Crippen molar-refractivity contribution in [1.29, 1.82) is 0 Å². The molecule has 3 aromatic rings. The molecule has 0 aliphatic heterocycles. The molecule has 0 saturated carbocycles. The lowest BCUT2D eigenvalue weighted by Crippen LogP contribution is -2.08. The summed E-state index contributed by atoms with van der Waals surface area (Å²) in [6.45, 7) is 4.85. The summed E-state index contributed by atoms with van der Waals surface area (Å²) in [6, 6.07) is 19.2. The molecule has 4 heteroatoms. The Labute approximate surface area is 204 Å². The maximum Gasteiger partial charge on any atom is 0.343 e. The number of ether oxygens (including phenoxy) is 2. The van der Waals surface area contributed by atoms with Crippen LogP contribution < -0.4 is 9.47 Å². The van der Waals surface area contributed by atoms with Crippen molar-refractivity contribution >= 4 is 5.97 Å². The van der Waals surface area contributed by atoms with E-state index < -0.39 is 0 Å². The predicted molar refractivity (Wildman–Crippen MR) is 139 cm³/mol. The highest BCUT2D eigenvalue weighted by Gasteiger charge is 2.10. The summed E-state index contributed by atoms with van der Waals surface area (Å²) in [4.78, 5) is 17.0. The third-order valence-corrected chi connectivity index (χ3v) is 5.92. The summed E-state index contributed by atoms with van der Waals surface area (Å²) in [5.74, 6) is 0.901. The van der Waals surface area contributed by atoms with E-state index in [-0.39, 0.29) is 5.97 Å². The molecule has 0 unspecified atom stereocenters. The number of aryl methyl sites for hydroxylation is 1. The minimum Gasteiger partial charge on any atom is -0.494 e. The lowest BCUT2D eigenvalue weighted by atomic mass is 10.0. The standard InChI is InChI=1S/C30H37NO3/c1-3-5-6-7-8-9-10-11-12-24-13-15-26(16-14-24)30(32)34-28-21-22-29(31-23-28)25-17-19-27(20-18-25)33-4-2/h13-23H,3-12H2,1-2H3. The van der Waals surface area contributed by atoms with Crippen molar-refractivity contribution in [2.75, 3.05) is 6.61 Å². The first kappa shape index (κ1) is 25.5. The number of esters is 1. The highest BCUT2D eigenvalue weighted by molar-refractivity contribution is 5.91. The van der Waals surface area contributed by atoms with Crippen molar-refractivity contribution in [1.82, 2.24) is 4.98 Å². The van der Waals surface area contributed by atoms with Gasteiger partial charge in [-0.3, -0.25) is 4.98 Å². The van der Waals surface area contributed by atoms with Crippen molar-refractivity contribution in [3.8, 4) is 22.8 Å². The van der Waals surface area contributed by atoms with Crippen molar-refractivity contribution in [3.05, 3.63) is 78.0 Å². The Morgan fingerprint density at radius 3 is 2.00 bits per heavy atom. The van der Waals surface area contributed by atoms with Crippen molar-refractivity contribution < 1.29 is 14.3 Å². The first-order valence-corrected chi connectivity index (χ1v) is 12.7. The zero-order valence-corrected chi connectivity index (χ0v) is 20.6. The molecule has 0 N–H and O–H groups in total. The Morgan fingerprint density at radius 2 is 1.38 bits per heavy atom. The summed E-state index contributed by atoms with van der Waals surface area (Å²) in [7, 11) is 0. The number of rotatable bonds is 14. The highest BCUT2D eigenvalue weighted by atomic mass is 16.5. The van der Waals surface area contributed by atoms with Crippen molar-refractivity contribution in [3.63, 3.8) is 0 Å². The maximum absolute atomic E-state index is 12.5. The molecule has 0 radical (unpaired) electrons.